The molecule has 1 unspecified atom stereocenters. The lowest BCUT2D eigenvalue weighted by atomic mass is 9.74. The summed E-state index contributed by atoms with van der Waals surface area (Å²) in [6.07, 6.45) is 9.48. The molecular formula is C30H39BrN4O2. The summed E-state index contributed by atoms with van der Waals surface area (Å²) in [6, 6.07) is 6.14. The van der Waals surface area contributed by atoms with Gasteiger partial charge < -0.3 is 19.3 Å². The summed E-state index contributed by atoms with van der Waals surface area (Å²) in [4.78, 5) is 33.2. The van der Waals surface area contributed by atoms with Crippen molar-refractivity contribution < 1.29 is 9.59 Å². The molecule has 3 fully saturated rings. The minimum atomic E-state index is 0.203. The van der Waals surface area contributed by atoms with E-state index in [-0.39, 0.29) is 17.1 Å². The standard InChI is InChI=1S/C30H39BrN4O2/c1-4-22(2)34-16-23(17-34)13-26(36)19-35-18-24(27-15-25(31)7-8-28(27)35)14-29(37)33-12-6-10-30(21-33)9-5-11-32(3)20-30/h4,7-8,15,18,23H,1-2,5-6,9-14,16-17,19-21H2,3H3. The quantitative estimate of drug-likeness (QED) is 0.428. The van der Waals surface area contributed by atoms with Gasteiger partial charge in [-0.05, 0) is 69.1 Å². The van der Waals surface area contributed by atoms with Crippen LogP contribution >= 0.6 is 15.9 Å². The molecule has 2 aromatic rings. The van der Waals surface area contributed by atoms with Crippen molar-refractivity contribution in [2.45, 2.75) is 45.1 Å². The molecule has 37 heavy (non-hydrogen) atoms. The van der Waals surface area contributed by atoms with Gasteiger partial charge in [-0.2, -0.15) is 0 Å². The molecule has 0 bridgehead atoms. The van der Waals surface area contributed by atoms with Gasteiger partial charge in [-0.25, -0.2) is 0 Å². The van der Waals surface area contributed by atoms with Crippen molar-refractivity contribution in [3.05, 3.63) is 59.4 Å². The van der Waals surface area contributed by atoms with Gasteiger partial charge in [0.25, 0.3) is 0 Å². The van der Waals surface area contributed by atoms with Crippen molar-refractivity contribution >= 4 is 38.5 Å². The third-order valence-corrected chi connectivity index (χ3v) is 9.09. The Bertz CT molecular complexity index is 1210. The molecular weight excluding hydrogens is 528 g/mol. The number of rotatable bonds is 8. The monoisotopic (exact) mass is 566 g/mol. The first-order valence-electron chi connectivity index (χ1n) is 13.6. The Hall–Kier alpha value is -2.38. The molecule has 1 aromatic carbocycles. The molecule has 5 rings (SSSR count). The number of piperidine rings is 2. The number of hydrogen-bond acceptors (Lipinski definition) is 4. The van der Waals surface area contributed by atoms with Crippen LogP contribution in [0.1, 0.15) is 37.7 Å². The van der Waals surface area contributed by atoms with Crippen LogP contribution in [0.25, 0.3) is 10.9 Å². The van der Waals surface area contributed by atoms with Crippen LogP contribution in [0.5, 0.6) is 0 Å². The Morgan fingerprint density at radius 2 is 1.89 bits per heavy atom. The zero-order valence-electron chi connectivity index (χ0n) is 22.1. The summed E-state index contributed by atoms with van der Waals surface area (Å²) in [5.74, 6) is 0.798. The number of likely N-dealkylation sites (tertiary alicyclic amines) is 3. The summed E-state index contributed by atoms with van der Waals surface area (Å²) in [7, 11) is 2.20. The van der Waals surface area contributed by atoms with Crippen LogP contribution in [0.4, 0.5) is 0 Å². The minimum absolute atomic E-state index is 0.203. The van der Waals surface area contributed by atoms with E-state index in [1.54, 1.807) is 6.08 Å². The summed E-state index contributed by atoms with van der Waals surface area (Å²) in [5.41, 5.74) is 3.19. The van der Waals surface area contributed by atoms with E-state index in [1.807, 2.05) is 22.9 Å². The fourth-order valence-corrected chi connectivity index (χ4v) is 7.10. The van der Waals surface area contributed by atoms with Crippen molar-refractivity contribution in [1.29, 1.82) is 0 Å². The molecule has 4 heterocycles. The number of amides is 1. The highest BCUT2D eigenvalue weighted by Crippen LogP contribution is 2.38. The molecule has 7 heteroatoms. The van der Waals surface area contributed by atoms with Crippen LogP contribution in [-0.2, 0) is 22.6 Å². The van der Waals surface area contributed by atoms with Gasteiger partial charge in [0.2, 0.25) is 5.91 Å². The fourth-order valence-electron chi connectivity index (χ4n) is 6.74. The average Bonchev–Trinajstić information content (AvgIpc) is 3.16. The van der Waals surface area contributed by atoms with E-state index in [0.717, 1.165) is 72.3 Å². The molecule has 1 atom stereocenters. The summed E-state index contributed by atoms with van der Waals surface area (Å²) in [5, 5.41) is 1.05. The Morgan fingerprint density at radius 1 is 1.14 bits per heavy atom. The largest absolute Gasteiger partial charge is 0.371 e. The lowest BCUT2D eigenvalue weighted by Gasteiger charge is -2.47. The van der Waals surface area contributed by atoms with Gasteiger partial charge in [-0.15, -0.1) is 0 Å². The predicted octanol–water partition coefficient (Wildman–Crippen LogP) is 4.87. The number of carbonyl (C=O) groups excluding carboxylic acids is 2. The van der Waals surface area contributed by atoms with Gasteiger partial charge in [0.1, 0.15) is 0 Å². The topological polar surface area (TPSA) is 48.8 Å². The van der Waals surface area contributed by atoms with E-state index >= 15 is 0 Å². The van der Waals surface area contributed by atoms with Gasteiger partial charge in [-0.1, -0.05) is 29.1 Å². The molecule has 3 saturated heterocycles. The number of allylic oxidation sites excluding steroid dienone is 1. The number of nitrogens with zero attached hydrogens (tertiary/aromatic N) is 4. The predicted molar refractivity (Wildman–Crippen MR) is 152 cm³/mol. The van der Waals surface area contributed by atoms with Crippen LogP contribution < -0.4 is 0 Å². The Balaban J connectivity index is 1.27. The van der Waals surface area contributed by atoms with Crippen molar-refractivity contribution in [2.75, 3.05) is 46.3 Å². The number of carbonyl (C=O) groups is 2. The SMILES string of the molecule is C=CC(=C)N1CC(CC(=O)Cn2cc(CC(=O)N3CCCC4(CCCN(C)C4)C3)c3cc(Br)ccc32)C1. The molecule has 0 radical (unpaired) electrons. The van der Waals surface area contributed by atoms with Gasteiger partial charge in [0.05, 0.1) is 13.0 Å². The Labute approximate surface area is 229 Å². The average molecular weight is 568 g/mol. The van der Waals surface area contributed by atoms with Gasteiger partial charge in [-0.3, -0.25) is 9.59 Å². The normalized spacial score (nSPS) is 22.9. The first-order chi connectivity index (χ1) is 17.7. The second-order valence-corrected chi connectivity index (χ2v) is 12.5. The third kappa shape index (κ3) is 5.73. The highest BCUT2D eigenvalue weighted by atomic mass is 79.9. The van der Waals surface area contributed by atoms with E-state index in [0.29, 0.717) is 25.3 Å². The number of benzene rings is 1. The lowest BCUT2D eigenvalue weighted by Crippen LogP contribution is -2.53. The second-order valence-electron chi connectivity index (χ2n) is 11.6. The molecule has 0 saturated carbocycles. The van der Waals surface area contributed by atoms with E-state index in [2.05, 4.69) is 56.9 Å². The summed E-state index contributed by atoms with van der Waals surface area (Å²) in [6.45, 7) is 13.8. The lowest BCUT2D eigenvalue weighted by molar-refractivity contribution is -0.135. The summed E-state index contributed by atoms with van der Waals surface area (Å²) < 4.78 is 3.02. The van der Waals surface area contributed by atoms with E-state index in [9.17, 15) is 9.59 Å². The van der Waals surface area contributed by atoms with Crippen LogP contribution in [0.3, 0.4) is 0 Å². The van der Waals surface area contributed by atoms with Crippen molar-refractivity contribution in [1.82, 2.24) is 19.3 Å². The smallest absolute Gasteiger partial charge is 0.227 e. The van der Waals surface area contributed by atoms with E-state index < -0.39 is 0 Å². The molecule has 6 nitrogen and oxygen atoms in total. The maximum Gasteiger partial charge on any atom is 0.227 e. The first-order valence-corrected chi connectivity index (χ1v) is 14.4. The van der Waals surface area contributed by atoms with Crippen LogP contribution in [0.2, 0.25) is 0 Å². The Morgan fingerprint density at radius 3 is 2.62 bits per heavy atom. The van der Waals surface area contributed by atoms with E-state index in [4.69, 9.17) is 0 Å². The van der Waals surface area contributed by atoms with Gasteiger partial charge >= 0.3 is 0 Å². The third-order valence-electron chi connectivity index (χ3n) is 8.60. The molecule has 0 aliphatic carbocycles. The molecule has 198 valence electrons. The van der Waals surface area contributed by atoms with Gasteiger partial charge in [0.15, 0.2) is 5.78 Å². The molecule has 1 spiro atoms. The molecule has 1 amide bonds. The first kappa shape index (κ1) is 26.2. The molecule has 1 aromatic heterocycles. The van der Waals surface area contributed by atoms with Crippen molar-refractivity contribution in [3.63, 3.8) is 0 Å². The fraction of sp³-hybridized carbons (Fsp3) is 0.533. The van der Waals surface area contributed by atoms with E-state index in [1.165, 1.54) is 19.3 Å². The second kappa shape index (κ2) is 10.8. The number of fused-ring (bicyclic) bond motifs is 1. The van der Waals surface area contributed by atoms with Crippen LogP contribution in [0.15, 0.2) is 53.8 Å². The molecule has 0 N–H and O–H groups in total. The molecule has 3 aliphatic heterocycles. The van der Waals surface area contributed by atoms with Crippen molar-refractivity contribution in [3.8, 4) is 0 Å². The summed E-state index contributed by atoms with van der Waals surface area (Å²) >= 11 is 3.60. The zero-order valence-corrected chi connectivity index (χ0v) is 23.6. The molecule has 3 aliphatic rings. The number of aromatic nitrogens is 1. The number of halogens is 1. The highest BCUT2D eigenvalue weighted by Gasteiger charge is 2.39. The number of ketones is 1. The van der Waals surface area contributed by atoms with Crippen LogP contribution in [0, 0.1) is 11.3 Å². The number of Topliss-reactive ketones (excluding diaryl/α,β-unsaturated/α-hetero) is 1. The van der Waals surface area contributed by atoms with Gasteiger partial charge in [0, 0.05) is 77.7 Å². The number of hydrogen-bond donors (Lipinski definition) is 0. The Kier molecular flexibility index (Phi) is 7.64. The minimum Gasteiger partial charge on any atom is -0.371 e. The van der Waals surface area contributed by atoms with Crippen LogP contribution in [-0.4, -0.2) is 77.3 Å². The maximum absolute atomic E-state index is 13.5. The maximum atomic E-state index is 13.5. The zero-order chi connectivity index (χ0) is 26.2. The highest BCUT2D eigenvalue weighted by molar-refractivity contribution is 9.10. The van der Waals surface area contributed by atoms with Crippen molar-refractivity contribution in [2.24, 2.45) is 11.3 Å².